The Kier molecular flexibility index (Phi) is 32.4. The Morgan fingerprint density at radius 1 is 0.642 bits per heavy atom. The number of carbonyl (C=O) groups is 6. The second-order valence-electron chi connectivity index (χ2n) is 22.9. The number of ether oxygens (including phenoxy) is 5. The van der Waals surface area contributed by atoms with Gasteiger partial charge in [0.15, 0.2) is 0 Å². The van der Waals surface area contributed by atoms with Gasteiger partial charge in [-0.15, -0.1) is 0 Å². The summed E-state index contributed by atoms with van der Waals surface area (Å²) in [6, 6.07) is 42.0. The summed E-state index contributed by atoms with van der Waals surface area (Å²) in [5.41, 5.74) is 14.7. The maximum absolute atomic E-state index is 13.4. The van der Waals surface area contributed by atoms with E-state index in [1.165, 1.54) is 34.2 Å². The number of nitrogens with zero attached hydrogens (tertiary/aromatic N) is 4. The van der Waals surface area contributed by atoms with Crippen LogP contribution in [0.5, 0.6) is 11.5 Å². The van der Waals surface area contributed by atoms with Crippen molar-refractivity contribution in [1.82, 2.24) is 35.9 Å². The molecule has 0 spiro atoms. The first-order chi connectivity index (χ1) is 51.7. The zero-order valence-corrected chi connectivity index (χ0v) is 68.6. The van der Waals surface area contributed by atoms with Crippen LogP contribution in [0.25, 0.3) is 32.9 Å². The van der Waals surface area contributed by atoms with Gasteiger partial charge < -0.3 is 81.5 Å². The smallest absolute Gasteiger partial charge is 0.469 e. The number of halogens is 2. The van der Waals surface area contributed by atoms with Crippen molar-refractivity contribution in [2.45, 2.75) is 56.6 Å². The number of phosphoric ester groups is 1. The normalized spacial score (nSPS) is 11.3. The molecule has 12 N–H and O–H groups in total. The number of carboxylic acid groups (broad SMARTS) is 1. The van der Waals surface area contributed by atoms with Crippen molar-refractivity contribution in [3.8, 4) is 46.3 Å². The summed E-state index contributed by atoms with van der Waals surface area (Å²) in [6.45, 7) is 3.04. The molecule has 2 aromatic heterocycles. The van der Waals surface area contributed by atoms with Gasteiger partial charge in [0.05, 0.1) is 48.8 Å². The van der Waals surface area contributed by atoms with Gasteiger partial charge in [0.1, 0.15) is 61.7 Å². The van der Waals surface area contributed by atoms with Gasteiger partial charge in [0, 0.05) is 72.9 Å². The van der Waals surface area contributed by atoms with Crippen LogP contribution in [0, 0.1) is 23.7 Å². The van der Waals surface area contributed by atoms with Gasteiger partial charge in [0.25, 0.3) is 11.8 Å². The third-order valence-electron chi connectivity index (χ3n) is 15.3. The van der Waals surface area contributed by atoms with Crippen LogP contribution >= 0.6 is 61.3 Å². The van der Waals surface area contributed by atoms with Gasteiger partial charge in [-0.2, -0.15) is 0 Å². The molecule has 0 saturated heterocycles. The molecule has 35 heteroatoms. The van der Waals surface area contributed by atoms with Crippen LogP contribution in [0.15, 0.2) is 166 Å². The number of rotatable bonds is 34. The number of fused-ring (bicyclic) bond motifs is 5. The molecular weight excluding hydrogens is 2080 g/mol. The van der Waals surface area contributed by atoms with Crippen molar-refractivity contribution in [2.24, 2.45) is 5.73 Å². The number of carboxylic acids is 1. The molecule has 580 valence electrons. The van der Waals surface area contributed by atoms with E-state index in [2.05, 4.69) is 117 Å². The van der Waals surface area contributed by atoms with Gasteiger partial charge in [-0.1, -0.05) is 138 Å². The molecule has 0 radical (unpaired) electrons. The average Bonchev–Trinajstić information content (AvgIpc) is 1.66. The molecule has 7 aromatic carbocycles. The summed E-state index contributed by atoms with van der Waals surface area (Å²) in [4.78, 5) is 112. The van der Waals surface area contributed by atoms with E-state index in [0.29, 0.717) is 92.9 Å². The number of amides is 5. The van der Waals surface area contributed by atoms with Gasteiger partial charge >= 0.3 is 26.0 Å². The standard InChI is InChI=1S/C53H53BrN7O14PS2.C21H20BrN5O2.2Fm/c1-2-9-48(62)60-44-26-41-43(57-32-58-50(41)59-36-11-7-10-35(54)25-36)27-46(44)72-21-8-19-56-52(66)73-28-33-16-17-47(34(24-33)18-22-71-30-49(63)64)78-77-31-45(51(65)55-20-23-75-76(68,69)70)61-53(67)74-29-42-39-14-5-3-12-37(39)38-13-4-6-15-40(38)42;1-2-5-20(28)27-18-11-16-17(12-19(18)29-9-4-8-23)24-13-25-21(16)26-15-7-3-6-14(22)10-15;;/h3-7,10-17,24-27,32,42,45H,8,18-23,28-31H2,1H3,(H,55,65)(H,56,66)(H,60,62)(H,61,67)(H,63,64)(H,57,58,59)(H2,68,69,70);3,6-7,10-13H,4,8-9,23H2,1H3,(H,27,28)(H,24,25,26);;. The summed E-state index contributed by atoms with van der Waals surface area (Å²) in [5.74, 6) is 9.04. The van der Waals surface area contributed by atoms with Crippen LogP contribution in [0.2, 0.25) is 0 Å². The van der Waals surface area contributed by atoms with Crippen LogP contribution in [0.3, 0.4) is 0 Å². The van der Waals surface area contributed by atoms with E-state index in [0.717, 1.165) is 48.0 Å². The summed E-state index contributed by atoms with van der Waals surface area (Å²) < 4.78 is 45.9. The minimum absolute atomic E-state index is 0. The van der Waals surface area contributed by atoms with Crippen LogP contribution in [-0.2, 0) is 55.5 Å². The van der Waals surface area contributed by atoms with Crippen molar-refractivity contribution in [3.63, 3.8) is 0 Å². The van der Waals surface area contributed by atoms with Crippen LogP contribution < -0.4 is 52.4 Å². The van der Waals surface area contributed by atoms with Gasteiger partial charge in [-0.3, -0.25) is 18.9 Å². The Balaban J connectivity index is 0.000000445. The second kappa shape index (κ2) is 42.1. The number of alkyl carbamates (subject to hydrolysis) is 2. The fourth-order valence-corrected chi connectivity index (χ4v) is 14.2. The Morgan fingerprint density at radius 2 is 1.21 bits per heavy atom. The van der Waals surface area contributed by atoms with E-state index >= 15 is 0 Å². The van der Waals surface area contributed by atoms with Crippen molar-refractivity contribution in [1.29, 1.82) is 0 Å². The molecule has 0 fully saturated rings. The first-order valence-electron chi connectivity index (χ1n) is 33.0. The molecule has 1 unspecified atom stereocenters. The molecule has 2 heterocycles. The van der Waals surface area contributed by atoms with Gasteiger partial charge in [-0.25, -0.2) is 38.9 Å². The molecule has 0 saturated carbocycles. The SMILES string of the molecule is CC#CC(=O)Nc1cc2c(Nc3cccc(Br)c3)ncnc2cc1OCCCN.CC#CC(=O)Nc1cc2c(Nc3cccc(Br)c3)ncnc2cc1OCCCNC(=O)OCc1ccc(SSCC(NC(=O)OCC2c3ccccc3-c3ccccc32)C(=O)NCCOP(=O)(O)O)c(CCOCC(=O)O)c1.[Fm].[Fm]. The van der Waals surface area contributed by atoms with Gasteiger partial charge in [-0.05, 0) is 139 Å². The summed E-state index contributed by atoms with van der Waals surface area (Å²) in [6.07, 6.45) is 2.65. The molecular formula is C74H73Br2Fm2N12O16PS2. The number of phosphoric acid groups is 1. The minimum atomic E-state index is -4.79. The Labute approximate surface area is 639 Å². The number of anilines is 6. The first-order valence-corrected chi connectivity index (χ1v) is 38.4. The van der Waals surface area contributed by atoms with Crippen LogP contribution in [-0.4, -0.2) is 142 Å². The number of nitrogens with two attached hydrogens (primary N) is 1. The van der Waals surface area contributed by atoms with E-state index in [4.69, 9.17) is 44.3 Å². The fraction of sp³-hybridized carbons (Fsp3) is 0.243. The maximum atomic E-state index is 13.4. The number of hydrogen-bond donors (Lipinski definition) is 11. The molecule has 1 aliphatic carbocycles. The molecule has 5 amide bonds. The third kappa shape index (κ3) is 25.7. The fourth-order valence-electron chi connectivity index (χ4n) is 10.6. The van der Waals surface area contributed by atoms with Crippen molar-refractivity contribution < 1.29 is 76.4 Å². The summed E-state index contributed by atoms with van der Waals surface area (Å²) >= 11 is 6.93. The number of aliphatic carboxylic acids is 1. The summed E-state index contributed by atoms with van der Waals surface area (Å²) in [7, 11) is -2.32. The quantitative estimate of drug-likeness (QED) is 0.00772. The van der Waals surface area contributed by atoms with E-state index < -0.39 is 63.0 Å². The summed E-state index contributed by atoms with van der Waals surface area (Å²) in [5, 5.41) is 30.4. The van der Waals surface area contributed by atoms with Crippen LogP contribution in [0.1, 0.15) is 54.9 Å². The molecule has 0 aliphatic heterocycles. The predicted octanol–water partition coefficient (Wildman–Crippen LogP) is 12.1. The largest absolute Gasteiger partial charge is 0.491 e. The first kappa shape index (κ1) is 83.9. The molecule has 109 heavy (non-hydrogen) atoms. The van der Waals surface area contributed by atoms with Crippen molar-refractivity contribution in [2.75, 3.05) is 86.3 Å². The molecule has 0 bridgehead atoms. The van der Waals surface area contributed by atoms with E-state index in [-0.39, 0.29) is 57.6 Å². The monoisotopic (exact) mass is 2150 g/mol. The van der Waals surface area contributed by atoms with E-state index in [1.807, 2.05) is 97.1 Å². The molecule has 1 aliphatic rings. The molecule has 10 rings (SSSR count). The minimum Gasteiger partial charge on any atom is -0.491 e. The number of hydrogen-bond acceptors (Lipinski definition) is 22. The van der Waals surface area contributed by atoms with E-state index in [9.17, 15) is 33.3 Å². The Morgan fingerprint density at radius 3 is 1.75 bits per heavy atom. The van der Waals surface area contributed by atoms with Crippen molar-refractivity contribution >= 4 is 153 Å². The predicted molar refractivity (Wildman–Crippen MR) is 415 cm³/mol. The number of benzene rings is 7. The molecule has 28 nitrogen and oxygen atoms in total. The number of carbonyl (C=O) groups excluding carboxylic acids is 5. The maximum Gasteiger partial charge on any atom is 0.469 e. The zero-order chi connectivity index (χ0) is 76.1. The third-order valence-corrected chi connectivity index (χ3v) is 19.3. The molecule has 9 aromatic rings. The van der Waals surface area contributed by atoms with Crippen molar-refractivity contribution in [3.05, 3.63) is 183 Å². The number of nitrogens with one attached hydrogen (secondary N) is 7. The zero-order valence-electron chi connectivity index (χ0n) is 58.1. The average molecular weight is 2160 g/mol. The molecule has 1 atom stereocenters. The topological polar surface area (TPSA) is 397 Å². The van der Waals surface area contributed by atoms with Crippen LogP contribution in [0.4, 0.5) is 44.0 Å². The van der Waals surface area contributed by atoms with Gasteiger partial charge in [0.2, 0.25) is 5.91 Å². The number of aromatic nitrogens is 4. The second-order valence-corrected chi connectivity index (χ2v) is 28.4. The Hall–Kier alpha value is -12.4. The van der Waals surface area contributed by atoms with E-state index in [1.54, 1.807) is 56.3 Å². The Bertz CT molecular complexity index is 4840.